The highest BCUT2D eigenvalue weighted by atomic mass is 35.5. The highest BCUT2D eigenvalue weighted by Gasteiger charge is 1.94. The molecule has 0 saturated carbocycles. The molecule has 48 valence electrons. The summed E-state index contributed by atoms with van der Waals surface area (Å²) in [7, 11) is 0. The van der Waals surface area contributed by atoms with E-state index in [0.29, 0.717) is 10.2 Å². The van der Waals surface area contributed by atoms with E-state index in [0.717, 1.165) is 5.56 Å². The van der Waals surface area contributed by atoms with E-state index in [1.54, 1.807) is 12.3 Å². The first-order chi connectivity index (χ1) is 4.20. The summed E-state index contributed by atoms with van der Waals surface area (Å²) in [5.74, 6) is 0. The van der Waals surface area contributed by atoms with Crippen molar-refractivity contribution in [3.8, 4) is 0 Å². The van der Waals surface area contributed by atoms with Crippen molar-refractivity contribution in [1.29, 1.82) is 0 Å². The van der Waals surface area contributed by atoms with E-state index in [4.69, 9.17) is 23.2 Å². The maximum Gasteiger partial charge on any atom is 0.129 e. The molecule has 0 aromatic carbocycles. The van der Waals surface area contributed by atoms with Gasteiger partial charge >= 0.3 is 0 Å². The van der Waals surface area contributed by atoms with Crippen molar-refractivity contribution < 1.29 is 0 Å². The smallest absolute Gasteiger partial charge is 0.129 e. The number of halogens is 2. The minimum atomic E-state index is 0.483. The van der Waals surface area contributed by atoms with Crippen molar-refractivity contribution >= 4 is 23.2 Å². The van der Waals surface area contributed by atoms with Crippen molar-refractivity contribution in [2.45, 2.75) is 6.92 Å². The van der Waals surface area contributed by atoms with Gasteiger partial charge in [-0.1, -0.05) is 23.2 Å². The third kappa shape index (κ3) is 1.57. The minimum absolute atomic E-state index is 0.483. The molecule has 0 aliphatic rings. The zero-order valence-electron chi connectivity index (χ0n) is 4.86. The van der Waals surface area contributed by atoms with Crippen LogP contribution in [-0.2, 0) is 0 Å². The number of rotatable bonds is 0. The van der Waals surface area contributed by atoms with Gasteiger partial charge in [0.2, 0.25) is 0 Å². The molecule has 0 aliphatic heterocycles. The maximum atomic E-state index is 5.66. The Balaban J connectivity index is 3.17. The average molecular weight is 162 g/mol. The molecule has 0 unspecified atom stereocenters. The second-order valence-corrected chi connectivity index (χ2v) is 2.55. The van der Waals surface area contributed by atoms with Gasteiger partial charge in [0.1, 0.15) is 5.15 Å². The first kappa shape index (κ1) is 6.84. The van der Waals surface area contributed by atoms with Gasteiger partial charge in [-0.2, -0.15) is 0 Å². The Morgan fingerprint density at radius 3 is 2.56 bits per heavy atom. The summed E-state index contributed by atoms with van der Waals surface area (Å²) in [6.45, 7) is 1.88. The number of hydrogen-bond donors (Lipinski definition) is 0. The SMILES string of the molecule is Cc1cc(Cl)ncc1Cl. The summed E-state index contributed by atoms with van der Waals surface area (Å²) in [5.41, 5.74) is 0.955. The lowest BCUT2D eigenvalue weighted by atomic mass is 10.3. The summed E-state index contributed by atoms with van der Waals surface area (Å²) in [5, 5.41) is 1.14. The number of aromatic nitrogens is 1. The van der Waals surface area contributed by atoms with Crippen molar-refractivity contribution in [1.82, 2.24) is 4.98 Å². The third-order valence-electron chi connectivity index (χ3n) is 1.01. The molecule has 0 aliphatic carbocycles. The molecule has 3 heteroatoms. The predicted molar refractivity (Wildman–Crippen MR) is 39.0 cm³/mol. The second kappa shape index (κ2) is 2.54. The van der Waals surface area contributed by atoms with Crippen LogP contribution in [-0.4, -0.2) is 4.98 Å². The van der Waals surface area contributed by atoms with Crippen LogP contribution in [0.1, 0.15) is 5.56 Å². The summed E-state index contributed by atoms with van der Waals surface area (Å²) >= 11 is 11.2. The highest BCUT2D eigenvalue weighted by molar-refractivity contribution is 6.32. The van der Waals surface area contributed by atoms with Gasteiger partial charge in [0.15, 0.2) is 0 Å². The first-order valence-electron chi connectivity index (χ1n) is 2.48. The molecular weight excluding hydrogens is 157 g/mol. The van der Waals surface area contributed by atoms with Crippen LogP contribution >= 0.6 is 23.2 Å². The number of nitrogens with zero attached hydrogens (tertiary/aromatic N) is 1. The van der Waals surface area contributed by atoms with Crippen LogP contribution in [0.2, 0.25) is 10.2 Å². The maximum absolute atomic E-state index is 5.66. The standard InChI is InChI=1S/C6H5Cl2N/c1-4-2-6(8)9-3-5(4)7/h2-3H,1H3. The lowest BCUT2D eigenvalue weighted by molar-refractivity contribution is 1.29. The van der Waals surface area contributed by atoms with Gasteiger partial charge in [0.05, 0.1) is 5.02 Å². The highest BCUT2D eigenvalue weighted by Crippen LogP contribution is 2.15. The molecule has 0 fully saturated rings. The Morgan fingerprint density at radius 1 is 1.44 bits per heavy atom. The van der Waals surface area contributed by atoms with Crippen molar-refractivity contribution in [3.05, 3.63) is 28.0 Å². The fourth-order valence-corrected chi connectivity index (χ4v) is 0.821. The number of pyridine rings is 1. The molecule has 0 bridgehead atoms. The van der Waals surface area contributed by atoms with E-state index in [1.807, 2.05) is 6.92 Å². The van der Waals surface area contributed by atoms with Gasteiger partial charge in [-0.15, -0.1) is 0 Å². The van der Waals surface area contributed by atoms with E-state index >= 15 is 0 Å². The molecule has 1 heterocycles. The quantitative estimate of drug-likeness (QED) is 0.534. The van der Waals surface area contributed by atoms with Crippen LogP contribution < -0.4 is 0 Å². The largest absolute Gasteiger partial charge is 0.243 e. The molecule has 0 saturated heterocycles. The van der Waals surface area contributed by atoms with Gasteiger partial charge in [-0.05, 0) is 18.6 Å². The summed E-state index contributed by atoms with van der Waals surface area (Å²) < 4.78 is 0. The first-order valence-corrected chi connectivity index (χ1v) is 3.23. The summed E-state index contributed by atoms with van der Waals surface area (Å²) in [6.07, 6.45) is 1.54. The Hall–Kier alpha value is -0.270. The normalized spacial score (nSPS) is 9.67. The molecule has 0 atom stereocenters. The van der Waals surface area contributed by atoms with Gasteiger partial charge in [-0.25, -0.2) is 4.98 Å². The fourth-order valence-electron chi connectivity index (χ4n) is 0.505. The fraction of sp³-hybridized carbons (Fsp3) is 0.167. The molecule has 0 spiro atoms. The van der Waals surface area contributed by atoms with E-state index in [1.165, 1.54) is 0 Å². The van der Waals surface area contributed by atoms with E-state index in [2.05, 4.69) is 4.98 Å². The monoisotopic (exact) mass is 161 g/mol. The second-order valence-electron chi connectivity index (χ2n) is 1.76. The van der Waals surface area contributed by atoms with Crippen LogP contribution in [0.3, 0.4) is 0 Å². The Labute approximate surface area is 63.6 Å². The predicted octanol–water partition coefficient (Wildman–Crippen LogP) is 2.70. The van der Waals surface area contributed by atoms with E-state index in [9.17, 15) is 0 Å². The lowest BCUT2D eigenvalue weighted by Gasteiger charge is -1.94. The van der Waals surface area contributed by atoms with Gasteiger partial charge in [-0.3, -0.25) is 0 Å². The van der Waals surface area contributed by atoms with E-state index < -0.39 is 0 Å². The van der Waals surface area contributed by atoms with Gasteiger partial charge in [0.25, 0.3) is 0 Å². The molecule has 1 aromatic heterocycles. The molecule has 0 radical (unpaired) electrons. The topological polar surface area (TPSA) is 12.9 Å². The Bertz CT molecular complexity index is 222. The Morgan fingerprint density at radius 2 is 2.11 bits per heavy atom. The summed E-state index contributed by atoms with van der Waals surface area (Å²) in [6, 6.07) is 1.73. The number of aryl methyl sites for hydroxylation is 1. The lowest BCUT2D eigenvalue weighted by Crippen LogP contribution is -1.77. The summed E-state index contributed by atoms with van der Waals surface area (Å²) in [4.78, 5) is 3.77. The molecule has 1 aromatic rings. The zero-order valence-corrected chi connectivity index (χ0v) is 6.37. The zero-order chi connectivity index (χ0) is 6.85. The third-order valence-corrected chi connectivity index (χ3v) is 1.62. The average Bonchev–Trinajstić information content (AvgIpc) is 1.80. The van der Waals surface area contributed by atoms with Crippen molar-refractivity contribution in [2.75, 3.05) is 0 Å². The van der Waals surface area contributed by atoms with Crippen molar-refractivity contribution in [2.24, 2.45) is 0 Å². The molecule has 0 amide bonds. The van der Waals surface area contributed by atoms with Crippen LogP contribution in [0.25, 0.3) is 0 Å². The van der Waals surface area contributed by atoms with Crippen LogP contribution in [0.4, 0.5) is 0 Å². The van der Waals surface area contributed by atoms with Gasteiger partial charge < -0.3 is 0 Å². The number of hydrogen-bond acceptors (Lipinski definition) is 1. The molecule has 9 heavy (non-hydrogen) atoms. The molecule has 1 nitrogen and oxygen atoms in total. The molecular formula is C6H5Cl2N. The molecule has 0 N–H and O–H groups in total. The minimum Gasteiger partial charge on any atom is -0.243 e. The van der Waals surface area contributed by atoms with Crippen LogP contribution in [0, 0.1) is 6.92 Å². The van der Waals surface area contributed by atoms with E-state index in [-0.39, 0.29) is 0 Å². The molecule has 1 rings (SSSR count). The van der Waals surface area contributed by atoms with Crippen molar-refractivity contribution in [3.63, 3.8) is 0 Å². The van der Waals surface area contributed by atoms with Crippen LogP contribution in [0.15, 0.2) is 12.3 Å². The van der Waals surface area contributed by atoms with Crippen LogP contribution in [0.5, 0.6) is 0 Å². The Kier molecular flexibility index (Phi) is 1.94. The van der Waals surface area contributed by atoms with Gasteiger partial charge in [0, 0.05) is 6.20 Å².